The Balaban J connectivity index is 0.00000312. The Morgan fingerprint density at radius 2 is 2.08 bits per heavy atom. The highest BCUT2D eigenvalue weighted by Gasteiger charge is 2.27. The van der Waals surface area contributed by atoms with Crippen molar-refractivity contribution < 1.29 is 9.13 Å². The van der Waals surface area contributed by atoms with E-state index in [2.05, 4.69) is 20.5 Å². The molecule has 1 unspecified atom stereocenters. The molecule has 142 valence electrons. The van der Waals surface area contributed by atoms with Gasteiger partial charge in [0, 0.05) is 37.8 Å². The maximum absolute atomic E-state index is 14.4. The van der Waals surface area contributed by atoms with E-state index in [1.807, 2.05) is 0 Å². The number of rotatable bonds is 7. The van der Waals surface area contributed by atoms with Crippen LogP contribution in [0.4, 0.5) is 4.39 Å². The fourth-order valence-corrected chi connectivity index (χ4v) is 3.27. The summed E-state index contributed by atoms with van der Waals surface area (Å²) in [6, 6.07) is 4.73. The third kappa shape index (κ3) is 6.54. The van der Waals surface area contributed by atoms with E-state index in [0.29, 0.717) is 36.2 Å². The molecule has 1 fully saturated rings. The molecule has 1 atom stereocenters. The summed E-state index contributed by atoms with van der Waals surface area (Å²) >= 11 is 6.30. The molecule has 0 aromatic heterocycles. The zero-order chi connectivity index (χ0) is 17.4. The molecule has 0 amide bonds. The molecule has 8 heteroatoms. The van der Waals surface area contributed by atoms with Crippen molar-refractivity contribution in [1.29, 1.82) is 0 Å². The summed E-state index contributed by atoms with van der Waals surface area (Å²) in [6.07, 6.45) is 2.26. The van der Waals surface area contributed by atoms with E-state index in [4.69, 9.17) is 16.3 Å². The van der Waals surface area contributed by atoms with Crippen LogP contribution in [0.3, 0.4) is 0 Å². The van der Waals surface area contributed by atoms with Gasteiger partial charge in [-0.05, 0) is 38.1 Å². The maximum atomic E-state index is 14.4. The summed E-state index contributed by atoms with van der Waals surface area (Å²) in [6.45, 7) is 3.69. The summed E-state index contributed by atoms with van der Waals surface area (Å²) < 4.78 is 19.4. The molecule has 0 radical (unpaired) electrons. The second-order valence-corrected chi connectivity index (χ2v) is 6.17. The average molecular weight is 485 g/mol. The van der Waals surface area contributed by atoms with Crippen LogP contribution in [-0.4, -0.2) is 57.8 Å². The maximum Gasteiger partial charge on any atom is 0.191 e. The minimum atomic E-state index is -0.261. The number of guanidine groups is 1. The summed E-state index contributed by atoms with van der Waals surface area (Å²) in [5.41, 5.74) is 0.556. The Morgan fingerprint density at radius 1 is 1.36 bits per heavy atom. The highest BCUT2D eigenvalue weighted by Crippen LogP contribution is 2.31. The lowest BCUT2D eigenvalue weighted by Crippen LogP contribution is -2.43. The SMILES string of the molecule is CN=C(NCCOC)NCC(c1c(F)cccc1Cl)N1CCCC1.I. The Labute approximate surface area is 171 Å². The molecule has 2 rings (SSSR count). The van der Waals surface area contributed by atoms with Gasteiger partial charge in [0.1, 0.15) is 5.82 Å². The summed E-state index contributed by atoms with van der Waals surface area (Å²) in [7, 11) is 3.37. The molecule has 1 aliphatic rings. The van der Waals surface area contributed by atoms with Crippen molar-refractivity contribution in [2.24, 2.45) is 4.99 Å². The Morgan fingerprint density at radius 3 is 2.68 bits per heavy atom. The second-order valence-electron chi connectivity index (χ2n) is 5.77. The van der Waals surface area contributed by atoms with Crippen LogP contribution in [0.1, 0.15) is 24.4 Å². The van der Waals surface area contributed by atoms with Gasteiger partial charge in [-0.2, -0.15) is 0 Å². The molecule has 0 aliphatic carbocycles. The number of hydrogen-bond donors (Lipinski definition) is 2. The molecule has 0 spiro atoms. The zero-order valence-corrected chi connectivity index (χ0v) is 17.8. The van der Waals surface area contributed by atoms with E-state index in [1.54, 1.807) is 26.3 Å². The number of ether oxygens (including phenoxy) is 1. The Bertz CT molecular complexity index is 535. The molecule has 0 bridgehead atoms. The molecule has 2 N–H and O–H groups in total. The highest BCUT2D eigenvalue weighted by molar-refractivity contribution is 14.0. The predicted molar refractivity (Wildman–Crippen MR) is 112 cm³/mol. The van der Waals surface area contributed by atoms with Crippen molar-refractivity contribution in [1.82, 2.24) is 15.5 Å². The molecule has 1 saturated heterocycles. The van der Waals surface area contributed by atoms with Gasteiger partial charge in [-0.1, -0.05) is 17.7 Å². The van der Waals surface area contributed by atoms with Crippen LogP contribution >= 0.6 is 35.6 Å². The molecule has 1 aromatic carbocycles. The number of nitrogens with one attached hydrogen (secondary N) is 2. The third-order valence-electron chi connectivity index (χ3n) is 4.20. The lowest BCUT2D eigenvalue weighted by Gasteiger charge is -2.29. The normalized spacial score (nSPS) is 16.4. The minimum absolute atomic E-state index is 0. The van der Waals surface area contributed by atoms with Gasteiger partial charge >= 0.3 is 0 Å². The first-order chi connectivity index (χ1) is 11.7. The lowest BCUT2D eigenvalue weighted by atomic mass is 10.0. The molecule has 5 nitrogen and oxygen atoms in total. The van der Waals surface area contributed by atoms with Gasteiger partial charge < -0.3 is 15.4 Å². The second kappa shape index (κ2) is 11.9. The number of likely N-dealkylation sites (tertiary alicyclic amines) is 1. The van der Waals surface area contributed by atoms with E-state index >= 15 is 0 Å². The molecule has 1 heterocycles. The van der Waals surface area contributed by atoms with Crippen molar-refractivity contribution in [3.05, 3.63) is 34.6 Å². The minimum Gasteiger partial charge on any atom is -0.383 e. The molecule has 1 aromatic rings. The van der Waals surface area contributed by atoms with E-state index in [9.17, 15) is 4.39 Å². The first kappa shape index (κ1) is 22.4. The van der Waals surface area contributed by atoms with Crippen LogP contribution in [-0.2, 0) is 4.74 Å². The van der Waals surface area contributed by atoms with Gasteiger partial charge in [-0.25, -0.2) is 4.39 Å². The van der Waals surface area contributed by atoms with Crippen molar-refractivity contribution >= 4 is 41.5 Å². The van der Waals surface area contributed by atoms with Crippen molar-refractivity contribution in [3.63, 3.8) is 0 Å². The van der Waals surface area contributed by atoms with Gasteiger partial charge in [0.2, 0.25) is 0 Å². The molecule has 1 aliphatic heterocycles. The predicted octanol–water partition coefficient (Wildman–Crippen LogP) is 3.05. The number of benzene rings is 1. The third-order valence-corrected chi connectivity index (χ3v) is 4.53. The molecule has 25 heavy (non-hydrogen) atoms. The van der Waals surface area contributed by atoms with E-state index < -0.39 is 0 Å². The smallest absolute Gasteiger partial charge is 0.191 e. The lowest BCUT2D eigenvalue weighted by molar-refractivity contribution is 0.203. The van der Waals surface area contributed by atoms with Crippen LogP contribution in [0, 0.1) is 5.82 Å². The highest BCUT2D eigenvalue weighted by atomic mass is 127. The van der Waals surface area contributed by atoms with Crippen molar-refractivity contribution in [2.75, 3.05) is 46.9 Å². The number of halogens is 3. The molecular formula is C17H27ClFIN4O. The van der Waals surface area contributed by atoms with Gasteiger partial charge in [0.05, 0.1) is 12.6 Å². The number of hydrogen-bond acceptors (Lipinski definition) is 3. The van der Waals surface area contributed by atoms with Crippen LogP contribution in [0.2, 0.25) is 5.02 Å². The van der Waals surface area contributed by atoms with E-state index in [-0.39, 0.29) is 35.8 Å². The average Bonchev–Trinajstić information content (AvgIpc) is 3.10. The fraction of sp³-hybridized carbons (Fsp3) is 0.588. The Kier molecular flexibility index (Phi) is 10.6. The van der Waals surface area contributed by atoms with E-state index in [0.717, 1.165) is 25.9 Å². The van der Waals surface area contributed by atoms with Gasteiger partial charge in [0.15, 0.2) is 5.96 Å². The topological polar surface area (TPSA) is 48.9 Å². The van der Waals surface area contributed by atoms with Gasteiger partial charge in [-0.15, -0.1) is 24.0 Å². The van der Waals surface area contributed by atoms with Gasteiger partial charge in [-0.3, -0.25) is 9.89 Å². The number of nitrogens with zero attached hydrogens (tertiary/aromatic N) is 2. The van der Waals surface area contributed by atoms with Crippen LogP contribution < -0.4 is 10.6 Å². The first-order valence-corrected chi connectivity index (χ1v) is 8.66. The summed E-state index contributed by atoms with van der Waals surface area (Å²) in [5, 5.41) is 6.91. The molecule has 0 saturated carbocycles. The number of methoxy groups -OCH3 is 1. The van der Waals surface area contributed by atoms with Crippen molar-refractivity contribution in [2.45, 2.75) is 18.9 Å². The largest absolute Gasteiger partial charge is 0.383 e. The van der Waals surface area contributed by atoms with Crippen LogP contribution in [0.5, 0.6) is 0 Å². The fourth-order valence-electron chi connectivity index (χ4n) is 2.98. The van der Waals surface area contributed by atoms with Crippen LogP contribution in [0.25, 0.3) is 0 Å². The standard InChI is InChI=1S/C17H26ClFN4O.HI/c1-20-17(21-8-11-24-2)22-12-15(23-9-3-4-10-23)16-13(18)6-5-7-14(16)19;/h5-7,15H,3-4,8-12H2,1-2H3,(H2,20,21,22);1H. The van der Waals surface area contributed by atoms with Gasteiger partial charge in [0.25, 0.3) is 0 Å². The van der Waals surface area contributed by atoms with E-state index in [1.165, 1.54) is 6.07 Å². The summed E-state index contributed by atoms with van der Waals surface area (Å²) in [5.74, 6) is 0.409. The molecular weight excluding hydrogens is 458 g/mol. The summed E-state index contributed by atoms with van der Waals surface area (Å²) in [4.78, 5) is 6.47. The Hall–Kier alpha value is -0.640. The van der Waals surface area contributed by atoms with Crippen LogP contribution in [0.15, 0.2) is 23.2 Å². The monoisotopic (exact) mass is 484 g/mol. The number of aliphatic imine (C=N–C) groups is 1. The van der Waals surface area contributed by atoms with Crippen molar-refractivity contribution in [3.8, 4) is 0 Å². The zero-order valence-electron chi connectivity index (χ0n) is 14.7. The first-order valence-electron chi connectivity index (χ1n) is 8.28. The quantitative estimate of drug-likeness (QED) is 0.270.